The van der Waals surface area contributed by atoms with Gasteiger partial charge in [0.05, 0.1) is 24.9 Å². The van der Waals surface area contributed by atoms with E-state index in [2.05, 4.69) is 43.4 Å². The number of hydrogen-bond acceptors (Lipinski definition) is 16. The van der Waals surface area contributed by atoms with E-state index >= 15 is 0 Å². The van der Waals surface area contributed by atoms with Gasteiger partial charge in [0.25, 0.3) is 0 Å². The van der Waals surface area contributed by atoms with Crippen LogP contribution < -0.4 is 0 Å². The molecule has 17 nitrogen and oxygen atoms in total. The summed E-state index contributed by atoms with van der Waals surface area (Å²) < 4.78 is 40.3. The minimum Gasteiger partial charge on any atom is -0.462 e. The summed E-state index contributed by atoms with van der Waals surface area (Å²) in [4.78, 5) is 36.5. The number of ether oxygens (including phenoxy) is 3. The van der Waals surface area contributed by atoms with Crippen molar-refractivity contribution in [1.82, 2.24) is 0 Å². The molecule has 0 amide bonds. The van der Waals surface area contributed by atoms with Crippen LogP contribution in [-0.2, 0) is 37.4 Å². The van der Waals surface area contributed by atoms with Gasteiger partial charge in [0.2, 0.25) is 0 Å². The molecule has 18 heteroatoms. The molecule has 1 fully saturated rings. The molecular weight excluding hydrogens is 916 g/mol. The second kappa shape index (κ2) is 36.7. The number of carbonyl (C=O) groups is 2. The quantitative estimate of drug-likeness (QED) is 0.0254. The lowest BCUT2D eigenvalue weighted by atomic mass is 9.83. The van der Waals surface area contributed by atoms with Gasteiger partial charge in [0.15, 0.2) is 12.4 Å². The number of esters is 2. The van der Waals surface area contributed by atoms with E-state index in [0.29, 0.717) is 25.7 Å². The topological polar surface area (TPSA) is 279 Å². The molecule has 0 aromatic rings. The summed E-state index contributed by atoms with van der Waals surface area (Å²) in [5.74, 6) is -2.75. The van der Waals surface area contributed by atoms with Crippen LogP contribution in [0.25, 0.3) is 0 Å². The van der Waals surface area contributed by atoms with Crippen LogP contribution >= 0.6 is 7.82 Å². The largest absolute Gasteiger partial charge is 0.472 e. The van der Waals surface area contributed by atoms with Gasteiger partial charge in [-0.3, -0.25) is 18.6 Å². The van der Waals surface area contributed by atoms with E-state index in [-0.39, 0.29) is 32.1 Å². The normalized spacial score (nSPS) is 31.6. The van der Waals surface area contributed by atoms with Crippen LogP contribution in [0.15, 0.2) is 85.1 Å². The summed E-state index contributed by atoms with van der Waals surface area (Å²) in [7, 11) is -5.50. The lowest BCUT2D eigenvalue weighted by Gasteiger charge is -2.39. The van der Waals surface area contributed by atoms with Gasteiger partial charge in [-0.1, -0.05) is 131 Å². The van der Waals surface area contributed by atoms with Gasteiger partial charge in [-0.2, -0.15) is 0 Å². The van der Waals surface area contributed by atoms with Crippen molar-refractivity contribution in [1.29, 1.82) is 0 Å². The predicted molar refractivity (Wildman–Crippen MR) is 261 cm³/mol. The third-order valence-corrected chi connectivity index (χ3v) is 12.5. The van der Waals surface area contributed by atoms with E-state index in [1.807, 2.05) is 25.2 Å². The summed E-state index contributed by atoms with van der Waals surface area (Å²) in [5, 5.41) is 89.5. The molecule has 13 atom stereocenters. The molecule has 2 heterocycles. The fraction of sp³-hybridized carbons (Fsp3) is 0.686. The Labute approximate surface area is 409 Å². The number of hydrogen-bond donors (Lipinski definition) is 9. The predicted octanol–water partition coefficient (Wildman–Crippen LogP) is 6.16. The second-order valence-corrected chi connectivity index (χ2v) is 18.9. The molecule has 2 rings (SSSR count). The Balaban J connectivity index is 2.18. The van der Waals surface area contributed by atoms with E-state index in [1.165, 1.54) is 25.3 Å². The fourth-order valence-corrected chi connectivity index (χ4v) is 8.41. The van der Waals surface area contributed by atoms with Crippen LogP contribution in [0, 0.1) is 5.92 Å². The van der Waals surface area contributed by atoms with Crippen LogP contribution in [0.2, 0.25) is 0 Å². The summed E-state index contributed by atoms with van der Waals surface area (Å²) >= 11 is 0. The molecule has 0 aliphatic carbocycles. The first-order chi connectivity index (χ1) is 33.1. The number of unbranched alkanes of at least 4 members (excludes halogenated alkanes) is 5. The molecule has 2 aliphatic heterocycles. The first kappa shape index (κ1) is 62.0. The zero-order chi connectivity index (χ0) is 50.9. The van der Waals surface area contributed by atoms with E-state index < -0.39 is 113 Å². The average Bonchev–Trinajstić information content (AvgIpc) is 3.31. The maximum Gasteiger partial charge on any atom is 0.472 e. The monoisotopic (exact) mass is 999 g/mol. The van der Waals surface area contributed by atoms with Gasteiger partial charge >= 0.3 is 19.8 Å². The van der Waals surface area contributed by atoms with Gasteiger partial charge in [-0.25, -0.2) is 4.57 Å². The van der Waals surface area contributed by atoms with Gasteiger partial charge < -0.3 is 60.0 Å². The van der Waals surface area contributed by atoms with Gasteiger partial charge in [-0.05, 0) is 70.6 Å². The Hall–Kier alpha value is -3.13. The minimum atomic E-state index is -5.50. The van der Waals surface area contributed by atoms with Crippen LogP contribution in [0.3, 0.4) is 0 Å². The number of allylic oxidation sites excluding steroid dienone is 12. The minimum absolute atomic E-state index is 0.0753. The maximum absolute atomic E-state index is 13.6. The summed E-state index contributed by atoms with van der Waals surface area (Å²) in [6, 6.07) is 0. The molecule has 2 aliphatic rings. The molecular formula is C51H83O17P. The SMILES string of the molecule is CCCCC/C=C\C/C=C\C/C=C\C/C=C\C/C=C\CCC(=O)O[C@@H]1COC(=O)CCCC=CC[C@@H]2[C@@H](O)[C@H](O)[C@@H](O)[C@H](OP(=O)(O)OC1)[C@H](O)[C@H](O)[C@@H](/C=C/[C@@H](O)CCCCC)OC(O)C[C@@H]2O. The number of rotatable bonds is 22. The number of aliphatic hydroxyl groups excluding tert-OH is 8. The Morgan fingerprint density at radius 3 is 2.00 bits per heavy atom. The first-order valence-corrected chi connectivity index (χ1v) is 26.3. The van der Waals surface area contributed by atoms with Crippen LogP contribution in [0.4, 0.5) is 0 Å². The number of aliphatic hydroxyl groups is 8. The lowest BCUT2D eigenvalue weighted by Crippen LogP contribution is -2.58. The smallest absolute Gasteiger partial charge is 0.462 e. The molecule has 9 N–H and O–H groups in total. The zero-order valence-electron chi connectivity index (χ0n) is 40.6. The van der Waals surface area contributed by atoms with Crippen molar-refractivity contribution in [3.8, 4) is 0 Å². The van der Waals surface area contributed by atoms with Crippen molar-refractivity contribution in [2.45, 2.75) is 203 Å². The van der Waals surface area contributed by atoms with E-state index in [0.717, 1.165) is 44.6 Å². The third kappa shape index (κ3) is 27.3. The van der Waals surface area contributed by atoms with Crippen molar-refractivity contribution >= 4 is 19.8 Å². The van der Waals surface area contributed by atoms with Crippen LogP contribution in [0.5, 0.6) is 0 Å². The van der Waals surface area contributed by atoms with Gasteiger partial charge in [0.1, 0.15) is 43.2 Å². The Morgan fingerprint density at radius 2 is 1.36 bits per heavy atom. The van der Waals surface area contributed by atoms with Gasteiger partial charge in [-0.15, -0.1) is 0 Å². The standard InChI is InChI=1S/C51H83O17P/c1-3-5-7-8-9-10-11-12-13-14-15-16-17-18-19-20-21-22-28-32-44(55)66-39-36-64-43(54)31-27-24-23-26-30-40-41(53)35-45(56)67-42(34-33-38(52)29-25-6-4-2)47(58)49(60)51(50(61)48(59)46(40)57)68-69(62,63)65-37-39/h9-10,12-13,15-16,18-19,21-23,26,33-34,38-42,45-53,56-61H,3-8,11,14,17,20,24-25,27-32,35-37H2,1-2H3,(H,62,63)/b10-9-,13-12-,16-15-,19-18-,22-21-,26-23?,34-33+/t38-,39+,40-,41-,42+,45?,46+,47+,48-,49+,50+,51+/m0/s1. The molecule has 0 aromatic heterocycles. The van der Waals surface area contributed by atoms with Crippen molar-refractivity contribution in [2.75, 3.05) is 13.2 Å². The second-order valence-electron chi connectivity index (χ2n) is 17.5. The molecule has 0 aromatic carbocycles. The highest BCUT2D eigenvalue weighted by Crippen LogP contribution is 2.47. The Bertz CT molecular complexity index is 1660. The zero-order valence-corrected chi connectivity index (χ0v) is 41.5. The third-order valence-electron chi connectivity index (χ3n) is 11.5. The van der Waals surface area contributed by atoms with E-state index in [1.54, 1.807) is 18.2 Å². The van der Waals surface area contributed by atoms with Crippen molar-refractivity contribution in [2.24, 2.45) is 5.92 Å². The van der Waals surface area contributed by atoms with Crippen LogP contribution in [0.1, 0.15) is 136 Å². The highest BCUT2D eigenvalue weighted by molar-refractivity contribution is 7.47. The molecule has 2 unspecified atom stereocenters. The average molecular weight is 999 g/mol. The number of phosphoric acid groups is 1. The van der Waals surface area contributed by atoms with Crippen molar-refractivity contribution in [3.05, 3.63) is 85.1 Å². The number of fused-ring (bicyclic) bond motifs is 4. The molecule has 1 saturated heterocycles. The molecule has 394 valence electrons. The summed E-state index contributed by atoms with van der Waals surface area (Å²) in [6.07, 6.45) is 15.5. The maximum atomic E-state index is 13.6. The summed E-state index contributed by atoms with van der Waals surface area (Å²) in [6.45, 7) is 2.69. The fourth-order valence-electron chi connectivity index (χ4n) is 7.43. The van der Waals surface area contributed by atoms with Crippen LogP contribution in [-0.4, -0.2) is 138 Å². The van der Waals surface area contributed by atoms with Crippen molar-refractivity contribution in [3.63, 3.8) is 0 Å². The number of phosphoric ester groups is 1. The highest BCUT2D eigenvalue weighted by atomic mass is 31.2. The molecule has 0 spiro atoms. The number of carbonyl (C=O) groups excluding carboxylic acids is 2. The first-order valence-electron chi connectivity index (χ1n) is 24.8. The van der Waals surface area contributed by atoms with E-state index in [9.17, 15) is 59.9 Å². The molecule has 0 saturated carbocycles. The Morgan fingerprint density at radius 1 is 0.768 bits per heavy atom. The lowest BCUT2D eigenvalue weighted by molar-refractivity contribution is -0.213. The highest BCUT2D eigenvalue weighted by Gasteiger charge is 2.48. The molecule has 0 radical (unpaired) electrons. The Kier molecular flexibility index (Phi) is 33.0. The summed E-state index contributed by atoms with van der Waals surface area (Å²) in [5.41, 5.74) is 0. The number of cyclic esters (lactones) is 1. The van der Waals surface area contributed by atoms with Crippen molar-refractivity contribution < 1.29 is 83.2 Å². The van der Waals surface area contributed by atoms with Gasteiger partial charge in [0, 0.05) is 25.2 Å². The molecule has 2 bridgehead atoms. The van der Waals surface area contributed by atoms with E-state index in [4.69, 9.17) is 23.3 Å². The molecule has 69 heavy (non-hydrogen) atoms.